The van der Waals surface area contributed by atoms with Crippen LogP contribution in [0.4, 0.5) is 0 Å². The third-order valence-corrected chi connectivity index (χ3v) is 4.94. The number of para-hydroxylation sites is 1. The summed E-state index contributed by atoms with van der Waals surface area (Å²) < 4.78 is 1.98. The van der Waals surface area contributed by atoms with Gasteiger partial charge in [-0.25, -0.2) is 15.1 Å². The van der Waals surface area contributed by atoms with Crippen molar-refractivity contribution in [3.05, 3.63) is 88.7 Å². The number of hydrazone groups is 1. The van der Waals surface area contributed by atoms with Crippen LogP contribution in [0.2, 0.25) is 0 Å². The maximum absolute atomic E-state index is 12.6. The van der Waals surface area contributed by atoms with Gasteiger partial charge in [0.25, 0.3) is 0 Å². The van der Waals surface area contributed by atoms with Crippen LogP contribution in [0.5, 0.6) is 11.5 Å². The van der Waals surface area contributed by atoms with Crippen molar-refractivity contribution in [2.45, 2.75) is 0 Å². The molecule has 0 aliphatic heterocycles. The van der Waals surface area contributed by atoms with E-state index in [1.807, 2.05) is 60.7 Å². The van der Waals surface area contributed by atoms with Crippen molar-refractivity contribution in [3.63, 3.8) is 0 Å². The molecule has 0 spiro atoms. The first-order valence-electron chi connectivity index (χ1n) is 9.15. The molecule has 0 atom stereocenters. The number of halogens is 1. The van der Waals surface area contributed by atoms with Crippen LogP contribution in [-0.2, 0) is 0 Å². The number of nitrogens with one attached hydrogen (secondary N) is 1. The van der Waals surface area contributed by atoms with E-state index < -0.39 is 5.91 Å². The molecule has 9 heteroatoms. The summed E-state index contributed by atoms with van der Waals surface area (Å²) in [5, 5.41) is 27.7. The van der Waals surface area contributed by atoms with E-state index in [9.17, 15) is 15.0 Å². The molecule has 0 fully saturated rings. The maximum Gasteiger partial charge on any atom is 0.311 e. The highest BCUT2D eigenvalue weighted by Gasteiger charge is 2.18. The second kappa shape index (κ2) is 8.80. The Morgan fingerprint density at radius 3 is 2.39 bits per heavy atom. The van der Waals surface area contributed by atoms with Gasteiger partial charge in [-0.1, -0.05) is 48.5 Å². The molecule has 4 rings (SSSR count). The Bertz CT molecular complexity index is 1200. The summed E-state index contributed by atoms with van der Waals surface area (Å²) >= 11 is 3.16. The number of carbonyl (C=O) groups excluding carboxylic acids is 1. The summed E-state index contributed by atoms with van der Waals surface area (Å²) in [6.07, 6.45) is 1.25. The fourth-order valence-corrected chi connectivity index (χ4v) is 3.17. The minimum absolute atomic E-state index is 0.0593. The number of aromatic hydroxyl groups is 2. The average Bonchev–Trinajstić information content (AvgIpc) is 3.24. The van der Waals surface area contributed by atoms with E-state index in [2.05, 4.69) is 36.5 Å². The molecule has 1 amide bonds. The molecule has 4 aromatic rings. The van der Waals surface area contributed by atoms with Crippen LogP contribution in [-0.4, -0.2) is 37.1 Å². The predicted octanol–water partition coefficient (Wildman–Crippen LogP) is 3.87. The van der Waals surface area contributed by atoms with Gasteiger partial charge < -0.3 is 10.2 Å². The minimum atomic E-state index is -0.611. The van der Waals surface area contributed by atoms with Gasteiger partial charge in [-0.2, -0.15) is 5.10 Å². The van der Waals surface area contributed by atoms with Gasteiger partial charge in [-0.15, -0.1) is 5.10 Å². The van der Waals surface area contributed by atoms with E-state index in [1.165, 1.54) is 18.3 Å². The van der Waals surface area contributed by atoms with Gasteiger partial charge >= 0.3 is 5.91 Å². The molecule has 0 saturated heterocycles. The molecule has 3 aromatic carbocycles. The van der Waals surface area contributed by atoms with Gasteiger partial charge in [0.2, 0.25) is 5.82 Å². The SMILES string of the molecule is O=C(NN=Cc1cc(Br)c(O)cc1O)c1nc(-c2ccccc2)n(-c2ccccc2)n1. The smallest absolute Gasteiger partial charge is 0.311 e. The number of nitrogens with zero attached hydrogens (tertiary/aromatic N) is 4. The lowest BCUT2D eigenvalue weighted by molar-refractivity contribution is 0.0945. The highest BCUT2D eigenvalue weighted by Crippen LogP contribution is 2.30. The number of rotatable bonds is 5. The van der Waals surface area contributed by atoms with Crippen LogP contribution < -0.4 is 5.43 Å². The van der Waals surface area contributed by atoms with E-state index in [1.54, 1.807) is 4.68 Å². The lowest BCUT2D eigenvalue weighted by atomic mass is 10.2. The van der Waals surface area contributed by atoms with Crippen molar-refractivity contribution in [2.75, 3.05) is 0 Å². The Hall–Kier alpha value is -3.98. The fourth-order valence-electron chi connectivity index (χ4n) is 2.81. The van der Waals surface area contributed by atoms with E-state index in [-0.39, 0.29) is 17.3 Å². The van der Waals surface area contributed by atoms with Gasteiger partial charge in [0.05, 0.1) is 16.4 Å². The Morgan fingerprint density at radius 2 is 1.68 bits per heavy atom. The van der Waals surface area contributed by atoms with E-state index in [0.717, 1.165) is 11.3 Å². The second-order valence-corrected chi connectivity index (χ2v) is 7.29. The van der Waals surface area contributed by atoms with Crippen molar-refractivity contribution in [1.82, 2.24) is 20.2 Å². The molecule has 0 bridgehead atoms. The van der Waals surface area contributed by atoms with Gasteiger partial charge in [-0.05, 0) is 34.1 Å². The second-order valence-electron chi connectivity index (χ2n) is 6.43. The Labute approximate surface area is 185 Å². The number of benzene rings is 3. The summed E-state index contributed by atoms with van der Waals surface area (Å²) in [5.41, 5.74) is 4.22. The van der Waals surface area contributed by atoms with Gasteiger partial charge in [-0.3, -0.25) is 4.79 Å². The molecule has 0 aliphatic carbocycles. The standard InChI is InChI=1S/C22H16BrN5O3/c23-17-11-15(18(29)12-19(17)30)13-24-26-22(31)20-25-21(14-7-3-1-4-8-14)28(27-20)16-9-5-2-6-10-16/h1-13,29-30H,(H,26,31). The summed E-state index contributed by atoms with van der Waals surface area (Å²) in [4.78, 5) is 17.0. The van der Waals surface area contributed by atoms with Gasteiger partial charge in [0.15, 0.2) is 5.82 Å². The number of hydrogen-bond donors (Lipinski definition) is 3. The summed E-state index contributed by atoms with van der Waals surface area (Å²) in [6, 6.07) is 21.4. The van der Waals surface area contributed by atoms with Crippen LogP contribution in [0.25, 0.3) is 17.1 Å². The zero-order valence-corrected chi connectivity index (χ0v) is 17.6. The van der Waals surface area contributed by atoms with E-state index in [0.29, 0.717) is 15.9 Å². The molecule has 31 heavy (non-hydrogen) atoms. The van der Waals surface area contributed by atoms with Crippen LogP contribution in [0.15, 0.2) is 82.4 Å². The molecule has 0 aliphatic rings. The Morgan fingerprint density at radius 1 is 1.00 bits per heavy atom. The number of carbonyl (C=O) groups is 1. The highest BCUT2D eigenvalue weighted by atomic mass is 79.9. The molecule has 8 nitrogen and oxygen atoms in total. The van der Waals surface area contributed by atoms with Crippen molar-refractivity contribution in [3.8, 4) is 28.6 Å². The Kier molecular flexibility index (Phi) is 5.76. The zero-order chi connectivity index (χ0) is 21.8. The molecule has 0 saturated carbocycles. The number of amides is 1. The van der Waals surface area contributed by atoms with Gasteiger partial charge in [0, 0.05) is 17.2 Å². The third-order valence-electron chi connectivity index (χ3n) is 4.31. The first-order valence-corrected chi connectivity index (χ1v) is 9.95. The summed E-state index contributed by atoms with van der Waals surface area (Å²) in [5.74, 6) is -0.447. The molecule has 3 N–H and O–H groups in total. The zero-order valence-electron chi connectivity index (χ0n) is 16.0. The molecule has 0 radical (unpaired) electrons. The fraction of sp³-hybridized carbons (Fsp3) is 0. The van der Waals surface area contributed by atoms with Crippen molar-refractivity contribution in [1.29, 1.82) is 0 Å². The minimum Gasteiger partial charge on any atom is -0.507 e. The number of hydrogen-bond acceptors (Lipinski definition) is 6. The molecule has 1 aromatic heterocycles. The van der Waals surface area contributed by atoms with Gasteiger partial charge in [0.1, 0.15) is 11.5 Å². The van der Waals surface area contributed by atoms with Crippen LogP contribution in [0.1, 0.15) is 16.2 Å². The quantitative estimate of drug-likeness (QED) is 0.298. The molecular formula is C22H16BrN5O3. The normalized spacial score (nSPS) is 11.0. The van der Waals surface area contributed by atoms with E-state index >= 15 is 0 Å². The number of phenolic OH excluding ortho intramolecular Hbond substituents is 2. The van der Waals surface area contributed by atoms with Crippen LogP contribution in [0.3, 0.4) is 0 Å². The first kappa shape index (κ1) is 20.3. The van der Waals surface area contributed by atoms with Crippen molar-refractivity contribution >= 4 is 28.1 Å². The maximum atomic E-state index is 12.6. The first-order chi connectivity index (χ1) is 15.0. The predicted molar refractivity (Wildman–Crippen MR) is 119 cm³/mol. The lowest BCUT2D eigenvalue weighted by Gasteiger charge is -2.05. The van der Waals surface area contributed by atoms with E-state index in [4.69, 9.17) is 0 Å². The average molecular weight is 478 g/mol. The number of phenols is 2. The summed E-state index contributed by atoms with van der Waals surface area (Å²) in [7, 11) is 0. The summed E-state index contributed by atoms with van der Waals surface area (Å²) in [6.45, 7) is 0. The van der Waals surface area contributed by atoms with Crippen LogP contribution in [0, 0.1) is 0 Å². The number of aromatic nitrogens is 3. The largest absolute Gasteiger partial charge is 0.507 e. The molecule has 154 valence electrons. The molecule has 0 unspecified atom stereocenters. The molecule has 1 heterocycles. The van der Waals surface area contributed by atoms with Crippen LogP contribution >= 0.6 is 15.9 Å². The topological polar surface area (TPSA) is 113 Å². The lowest BCUT2D eigenvalue weighted by Crippen LogP contribution is -2.19. The highest BCUT2D eigenvalue weighted by molar-refractivity contribution is 9.10. The van der Waals surface area contributed by atoms with Crippen molar-refractivity contribution in [2.24, 2.45) is 5.10 Å². The monoisotopic (exact) mass is 477 g/mol. The Balaban J connectivity index is 1.62. The third kappa shape index (κ3) is 4.46. The van der Waals surface area contributed by atoms with Crippen molar-refractivity contribution < 1.29 is 15.0 Å². The molecular weight excluding hydrogens is 462 g/mol.